The summed E-state index contributed by atoms with van der Waals surface area (Å²) >= 11 is 0. The lowest BCUT2D eigenvalue weighted by atomic mass is 9.82. The van der Waals surface area contributed by atoms with E-state index in [1.165, 1.54) is 5.56 Å². The molecule has 3 aromatic rings. The lowest BCUT2D eigenvalue weighted by Crippen LogP contribution is -2.31. The smallest absolute Gasteiger partial charge is 0.155 e. The van der Waals surface area contributed by atoms with E-state index in [4.69, 9.17) is 19.7 Å². The van der Waals surface area contributed by atoms with Gasteiger partial charge in [-0.3, -0.25) is 19.9 Å². The number of hydrogen-bond donors (Lipinski definition) is 0. The summed E-state index contributed by atoms with van der Waals surface area (Å²) in [5.74, 6) is 0.301. The summed E-state index contributed by atoms with van der Waals surface area (Å²) in [7, 11) is -3.40. The maximum atomic E-state index is 13.8. The summed E-state index contributed by atoms with van der Waals surface area (Å²) < 4.78 is 33.8. The standard InChI is InChI=1S/C35H46N4O3S/c1-19(2)30-10-9-23-15-42-16-27(34(23)37-30)25-12-32(21(5)6)38-35-28(17-43(40,41)18-29(25)35)24-11-31(20(3)4)36-33-14-39(22(7)8)13-26(24)33/h9-12,19-22,27-28H,13-18H2,1-8H3. The molecule has 3 aliphatic rings. The third-order valence-corrected chi connectivity index (χ3v) is 11.0. The van der Waals surface area contributed by atoms with Crippen LogP contribution in [0.2, 0.25) is 0 Å². The highest BCUT2D eigenvalue weighted by Crippen LogP contribution is 2.44. The Morgan fingerprint density at radius 2 is 1.40 bits per heavy atom. The summed E-state index contributed by atoms with van der Waals surface area (Å²) in [5.41, 5.74) is 11.3. The van der Waals surface area contributed by atoms with Crippen LogP contribution in [-0.4, -0.2) is 46.7 Å². The van der Waals surface area contributed by atoms with Crippen molar-refractivity contribution in [1.82, 2.24) is 19.9 Å². The molecule has 0 radical (unpaired) electrons. The number of fused-ring (bicyclic) bond motifs is 3. The third-order valence-electron chi connectivity index (χ3n) is 9.47. The predicted octanol–water partition coefficient (Wildman–Crippen LogP) is 6.69. The Balaban J connectivity index is 1.58. The summed E-state index contributed by atoms with van der Waals surface area (Å²) in [4.78, 5) is 17.9. The molecular weight excluding hydrogens is 556 g/mol. The molecule has 3 aliphatic heterocycles. The molecule has 8 heteroatoms. The van der Waals surface area contributed by atoms with Gasteiger partial charge in [-0.2, -0.15) is 0 Å². The monoisotopic (exact) mass is 602 g/mol. The van der Waals surface area contributed by atoms with Crippen molar-refractivity contribution >= 4 is 9.84 Å². The first-order chi connectivity index (χ1) is 20.3. The fourth-order valence-corrected chi connectivity index (χ4v) is 8.52. The first kappa shape index (κ1) is 30.4. The minimum atomic E-state index is -3.40. The molecule has 0 saturated heterocycles. The third kappa shape index (κ3) is 5.67. The molecule has 3 aromatic heterocycles. The van der Waals surface area contributed by atoms with E-state index in [2.05, 4.69) is 84.6 Å². The average Bonchev–Trinajstić information content (AvgIpc) is 3.39. The van der Waals surface area contributed by atoms with Crippen molar-refractivity contribution in [2.24, 2.45) is 0 Å². The van der Waals surface area contributed by atoms with Crippen LogP contribution >= 0.6 is 0 Å². The number of pyridine rings is 3. The van der Waals surface area contributed by atoms with E-state index in [9.17, 15) is 8.42 Å². The van der Waals surface area contributed by atoms with Crippen LogP contribution in [0.1, 0.15) is 147 Å². The fourth-order valence-electron chi connectivity index (χ4n) is 6.81. The lowest BCUT2D eigenvalue weighted by Gasteiger charge is -2.33. The van der Waals surface area contributed by atoms with Crippen LogP contribution in [0.15, 0.2) is 24.3 Å². The van der Waals surface area contributed by atoms with Crippen LogP contribution in [-0.2, 0) is 40.0 Å². The first-order valence-electron chi connectivity index (χ1n) is 15.9. The average molecular weight is 603 g/mol. The highest BCUT2D eigenvalue weighted by molar-refractivity contribution is 7.90. The van der Waals surface area contributed by atoms with Crippen molar-refractivity contribution in [3.05, 3.63) is 86.2 Å². The zero-order valence-corrected chi connectivity index (χ0v) is 27.8. The zero-order valence-electron chi connectivity index (χ0n) is 26.9. The summed E-state index contributed by atoms with van der Waals surface area (Å²) in [6.07, 6.45) is 0. The number of aromatic nitrogens is 3. The Morgan fingerprint density at radius 1 is 0.767 bits per heavy atom. The fraction of sp³-hybridized carbons (Fsp3) is 0.571. The van der Waals surface area contributed by atoms with Gasteiger partial charge in [0.05, 0.1) is 47.7 Å². The Bertz CT molecular complexity index is 1660. The van der Waals surface area contributed by atoms with Gasteiger partial charge in [0.15, 0.2) is 9.84 Å². The molecule has 0 spiro atoms. The molecule has 0 N–H and O–H groups in total. The van der Waals surface area contributed by atoms with Gasteiger partial charge in [0.1, 0.15) is 0 Å². The Morgan fingerprint density at radius 3 is 2.05 bits per heavy atom. The van der Waals surface area contributed by atoms with Gasteiger partial charge in [0.2, 0.25) is 0 Å². The maximum Gasteiger partial charge on any atom is 0.155 e. The number of nitrogens with zero attached hydrogens (tertiary/aromatic N) is 4. The zero-order chi connectivity index (χ0) is 30.8. The van der Waals surface area contributed by atoms with Crippen molar-refractivity contribution in [3.8, 4) is 0 Å². The largest absolute Gasteiger partial charge is 0.376 e. The molecule has 0 aromatic carbocycles. The number of rotatable bonds is 6. The topological polar surface area (TPSA) is 85.3 Å². The van der Waals surface area contributed by atoms with Gasteiger partial charge in [-0.05, 0) is 77.6 Å². The molecule has 2 atom stereocenters. The molecule has 0 fully saturated rings. The van der Waals surface area contributed by atoms with Gasteiger partial charge >= 0.3 is 0 Å². The molecule has 0 aliphatic carbocycles. The predicted molar refractivity (Wildman–Crippen MR) is 170 cm³/mol. The van der Waals surface area contributed by atoms with Gasteiger partial charge in [-0.1, -0.05) is 47.6 Å². The van der Waals surface area contributed by atoms with Crippen LogP contribution in [0.25, 0.3) is 0 Å². The van der Waals surface area contributed by atoms with E-state index in [1.54, 1.807) is 0 Å². The normalized spacial score (nSPS) is 21.5. The van der Waals surface area contributed by atoms with E-state index in [1.807, 2.05) is 0 Å². The molecule has 7 nitrogen and oxygen atoms in total. The van der Waals surface area contributed by atoms with E-state index < -0.39 is 9.84 Å². The molecule has 6 heterocycles. The van der Waals surface area contributed by atoms with Gasteiger partial charge in [0.25, 0.3) is 0 Å². The van der Waals surface area contributed by atoms with Crippen molar-refractivity contribution in [2.45, 2.75) is 116 Å². The molecule has 0 saturated carbocycles. The Hall–Kier alpha value is -2.68. The molecule has 43 heavy (non-hydrogen) atoms. The second-order valence-corrected chi connectivity index (χ2v) is 16.1. The van der Waals surface area contributed by atoms with Gasteiger partial charge in [-0.15, -0.1) is 0 Å². The summed E-state index contributed by atoms with van der Waals surface area (Å²) in [6, 6.07) is 8.92. The van der Waals surface area contributed by atoms with Crippen LogP contribution in [0.5, 0.6) is 0 Å². The second-order valence-electron chi connectivity index (χ2n) is 14.0. The highest BCUT2D eigenvalue weighted by atomic mass is 32.2. The number of ether oxygens (including phenoxy) is 1. The van der Waals surface area contributed by atoms with Crippen molar-refractivity contribution in [2.75, 3.05) is 12.4 Å². The van der Waals surface area contributed by atoms with E-state index in [0.717, 1.165) is 69.5 Å². The minimum Gasteiger partial charge on any atom is -0.376 e. The summed E-state index contributed by atoms with van der Waals surface area (Å²) in [6.45, 7) is 19.9. The van der Waals surface area contributed by atoms with E-state index >= 15 is 0 Å². The first-order valence-corrected chi connectivity index (χ1v) is 17.7. The van der Waals surface area contributed by atoms with Crippen molar-refractivity contribution in [3.63, 3.8) is 0 Å². The number of hydrogen-bond acceptors (Lipinski definition) is 7. The lowest BCUT2D eigenvalue weighted by molar-refractivity contribution is 0.0972. The highest BCUT2D eigenvalue weighted by Gasteiger charge is 2.40. The number of sulfone groups is 1. The molecule has 2 unspecified atom stereocenters. The van der Waals surface area contributed by atoms with E-state index in [-0.39, 0.29) is 35.2 Å². The Labute approximate surface area is 257 Å². The Kier molecular flexibility index (Phi) is 8.01. The van der Waals surface area contributed by atoms with Crippen molar-refractivity contribution in [1.29, 1.82) is 0 Å². The van der Waals surface area contributed by atoms with Crippen LogP contribution in [0.4, 0.5) is 0 Å². The van der Waals surface area contributed by atoms with E-state index in [0.29, 0.717) is 25.2 Å². The maximum absolute atomic E-state index is 13.8. The van der Waals surface area contributed by atoms with Gasteiger partial charge < -0.3 is 4.74 Å². The van der Waals surface area contributed by atoms with Gasteiger partial charge in [0, 0.05) is 42.1 Å². The van der Waals surface area contributed by atoms with Crippen LogP contribution in [0.3, 0.4) is 0 Å². The summed E-state index contributed by atoms with van der Waals surface area (Å²) in [5, 5.41) is 0. The molecule has 0 bridgehead atoms. The molecular formula is C35H46N4O3S. The van der Waals surface area contributed by atoms with Crippen LogP contribution in [0, 0.1) is 0 Å². The van der Waals surface area contributed by atoms with Crippen LogP contribution < -0.4 is 0 Å². The molecule has 6 rings (SSSR count). The second kappa shape index (κ2) is 11.4. The minimum absolute atomic E-state index is 0.00230. The van der Waals surface area contributed by atoms with Gasteiger partial charge in [-0.25, -0.2) is 8.42 Å². The van der Waals surface area contributed by atoms with Crippen molar-refractivity contribution < 1.29 is 13.2 Å². The molecule has 230 valence electrons. The SMILES string of the molecule is CC(C)c1cc(C2CS(=O)(=O)Cc3c(C4COCc5ccc(C(C)C)nc54)cc(C(C)C)nc32)c2c(n1)CN(C(C)C)C2. The molecule has 0 amide bonds. The quantitative estimate of drug-likeness (QED) is 0.311.